The Morgan fingerprint density at radius 1 is 1.20 bits per heavy atom. The van der Waals surface area contributed by atoms with Crippen LogP contribution in [-0.2, 0) is 10.9 Å². The first-order valence-electron chi connectivity index (χ1n) is 11.2. The van der Waals surface area contributed by atoms with Crippen LogP contribution in [0, 0.1) is 0 Å². The molecule has 1 aliphatic rings. The molecule has 186 valence electrons. The Hall–Kier alpha value is -3.05. The monoisotopic (exact) mass is 506 g/mol. The minimum Gasteiger partial charge on any atom is -0.488 e. The van der Waals surface area contributed by atoms with Gasteiger partial charge >= 0.3 is 6.18 Å². The van der Waals surface area contributed by atoms with E-state index in [1.165, 1.54) is 6.07 Å². The Morgan fingerprint density at radius 3 is 2.60 bits per heavy atom. The van der Waals surface area contributed by atoms with Crippen LogP contribution >= 0.6 is 11.3 Å². The minimum absolute atomic E-state index is 0.106. The lowest BCUT2D eigenvalue weighted by atomic mass is 10.1. The fraction of sp³-hybridized carbons (Fsp3) is 0.417. The summed E-state index contributed by atoms with van der Waals surface area (Å²) in [6.07, 6.45) is -2.10. The summed E-state index contributed by atoms with van der Waals surface area (Å²) in [5, 5.41) is 10.4. The van der Waals surface area contributed by atoms with Crippen LogP contribution in [0.15, 0.2) is 36.5 Å². The number of nitrogens with one attached hydrogen (secondary N) is 1. The molecule has 1 aromatic carbocycles. The molecule has 4 rings (SSSR count). The van der Waals surface area contributed by atoms with Crippen molar-refractivity contribution in [1.82, 2.24) is 20.5 Å². The van der Waals surface area contributed by atoms with E-state index in [0.717, 1.165) is 27.9 Å². The average Bonchev–Trinajstić information content (AvgIpc) is 3.51. The van der Waals surface area contributed by atoms with Gasteiger partial charge in [-0.1, -0.05) is 13.8 Å². The lowest BCUT2D eigenvalue weighted by Gasteiger charge is -2.16. The molecule has 1 fully saturated rings. The fourth-order valence-corrected chi connectivity index (χ4v) is 4.39. The first-order valence-corrected chi connectivity index (χ1v) is 12.0. The van der Waals surface area contributed by atoms with E-state index in [0.29, 0.717) is 30.4 Å². The predicted octanol–water partition coefficient (Wildman–Crippen LogP) is 5.40. The van der Waals surface area contributed by atoms with Crippen LogP contribution < -0.4 is 10.1 Å². The molecule has 2 atom stereocenters. The first kappa shape index (κ1) is 25.1. The number of alkyl halides is 3. The summed E-state index contributed by atoms with van der Waals surface area (Å²) in [6.45, 7) is 6.89. The van der Waals surface area contributed by atoms with Crippen molar-refractivity contribution < 1.29 is 27.4 Å². The number of thiazole rings is 1. The molecule has 1 aliphatic heterocycles. The summed E-state index contributed by atoms with van der Waals surface area (Å²) in [5.41, 5.74) is 0.202. The predicted molar refractivity (Wildman–Crippen MR) is 124 cm³/mol. The number of halogens is 3. The molecule has 2 aromatic heterocycles. The van der Waals surface area contributed by atoms with E-state index in [4.69, 9.17) is 9.47 Å². The van der Waals surface area contributed by atoms with E-state index < -0.39 is 23.8 Å². The van der Waals surface area contributed by atoms with Crippen molar-refractivity contribution in [3.05, 3.63) is 58.4 Å². The summed E-state index contributed by atoms with van der Waals surface area (Å²) >= 11 is 1.55. The van der Waals surface area contributed by atoms with Gasteiger partial charge in [-0.25, -0.2) is 4.98 Å². The topological polar surface area (TPSA) is 86.2 Å². The van der Waals surface area contributed by atoms with Gasteiger partial charge in [0, 0.05) is 28.6 Å². The smallest absolute Gasteiger partial charge is 0.435 e. The Bertz CT molecular complexity index is 1180. The third kappa shape index (κ3) is 6.15. The molecule has 11 heteroatoms. The molecule has 0 bridgehead atoms. The van der Waals surface area contributed by atoms with Crippen molar-refractivity contribution in [3.63, 3.8) is 0 Å². The number of aromatic nitrogens is 3. The van der Waals surface area contributed by atoms with Gasteiger partial charge < -0.3 is 14.8 Å². The summed E-state index contributed by atoms with van der Waals surface area (Å²) in [6, 6.07) is 6.59. The van der Waals surface area contributed by atoms with Gasteiger partial charge in [0.1, 0.15) is 16.9 Å². The number of hydrogen-bond donors (Lipinski definition) is 1. The number of rotatable bonds is 7. The Morgan fingerprint density at radius 2 is 2.00 bits per heavy atom. The van der Waals surface area contributed by atoms with Crippen molar-refractivity contribution in [2.75, 3.05) is 13.2 Å². The zero-order valence-corrected chi connectivity index (χ0v) is 20.2. The van der Waals surface area contributed by atoms with Gasteiger partial charge in [-0.2, -0.15) is 18.3 Å². The molecule has 3 aromatic rings. The second kappa shape index (κ2) is 10.3. The summed E-state index contributed by atoms with van der Waals surface area (Å²) in [4.78, 5) is 18.7. The van der Waals surface area contributed by atoms with Gasteiger partial charge in [-0.15, -0.1) is 16.4 Å². The zero-order valence-electron chi connectivity index (χ0n) is 19.4. The Kier molecular flexibility index (Phi) is 7.36. The molecule has 1 N–H and O–H groups in total. The number of benzene rings is 1. The first-order chi connectivity index (χ1) is 16.6. The maximum absolute atomic E-state index is 13.1. The molecule has 0 aliphatic carbocycles. The second-order valence-corrected chi connectivity index (χ2v) is 9.67. The van der Waals surface area contributed by atoms with E-state index in [-0.39, 0.29) is 11.8 Å². The molecule has 1 amide bonds. The molecular formula is C24H25F3N4O3S. The summed E-state index contributed by atoms with van der Waals surface area (Å²) in [7, 11) is 0. The van der Waals surface area contributed by atoms with Crippen molar-refractivity contribution in [3.8, 4) is 16.3 Å². The maximum atomic E-state index is 13.1. The van der Waals surface area contributed by atoms with Gasteiger partial charge in [0.25, 0.3) is 5.91 Å². The molecule has 35 heavy (non-hydrogen) atoms. The third-order valence-corrected chi connectivity index (χ3v) is 6.81. The van der Waals surface area contributed by atoms with Crippen molar-refractivity contribution in [1.29, 1.82) is 0 Å². The second-order valence-electron chi connectivity index (χ2n) is 8.61. The van der Waals surface area contributed by atoms with Crippen LogP contribution in [-0.4, -0.2) is 40.4 Å². The van der Waals surface area contributed by atoms with E-state index in [9.17, 15) is 18.0 Å². The highest BCUT2D eigenvalue weighted by Crippen LogP contribution is 2.33. The van der Waals surface area contributed by atoms with E-state index in [2.05, 4.69) is 34.3 Å². The Labute approximate surface area is 204 Å². The summed E-state index contributed by atoms with van der Waals surface area (Å²) in [5.74, 6) is 0.422. The lowest BCUT2D eigenvalue weighted by molar-refractivity contribution is -0.141. The highest BCUT2D eigenvalue weighted by molar-refractivity contribution is 7.15. The van der Waals surface area contributed by atoms with Crippen molar-refractivity contribution in [2.45, 2.75) is 51.4 Å². The van der Waals surface area contributed by atoms with Crippen LogP contribution in [0.4, 0.5) is 13.2 Å². The SMILES string of the molecule is CC(C)c1cnc(-c2cc(O[C@@H]3CCOC3)cc(C(=O)NC(C)c3ccc(C(F)(F)F)nn3)c2)s1. The van der Waals surface area contributed by atoms with E-state index in [1.807, 2.05) is 12.3 Å². The largest absolute Gasteiger partial charge is 0.488 e. The van der Waals surface area contributed by atoms with Gasteiger partial charge in [0.15, 0.2) is 5.69 Å². The standard InChI is InChI=1S/C24H25F3N4O3S/c1-13(2)20-11-28-23(35-20)16-8-15(9-18(10-16)34-17-6-7-33-12-17)22(32)29-14(3)19-4-5-21(31-30-19)24(25,26)27/h4-5,8-11,13-14,17H,6-7,12H2,1-3H3,(H,29,32)/t14?,17-/m1/s1. The molecular weight excluding hydrogens is 481 g/mol. The van der Waals surface area contributed by atoms with E-state index >= 15 is 0 Å². The molecule has 0 saturated carbocycles. The number of carbonyl (C=O) groups is 1. The number of amides is 1. The Balaban J connectivity index is 1.58. The lowest BCUT2D eigenvalue weighted by Crippen LogP contribution is -2.28. The average molecular weight is 507 g/mol. The van der Waals surface area contributed by atoms with Gasteiger partial charge in [0.2, 0.25) is 0 Å². The summed E-state index contributed by atoms with van der Waals surface area (Å²) < 4.78 is 49.7. The van der Waals surface area contributed by atoms with Crippen LogP contribution in [0.2, 0.25) is 0 Å². The van der Waals surface area contributed by atoms with Crippen LogP contribution in [0.25, 0.3) is 10.6 Å². The van der Waals surface area contributed by atoms with Crippen LogP contribution in [0.3, 0.4) is 0 Å². The van der Waals surface area contributed by atoms with E-state index in [1.54, 1.807) is 30.4 Å². The molecule has 1 saturated heterocycles. The highest BCUT2D eigenvalue weighted by Gasteiger charge is 2.33. The van der Waals surface area contributed by atoms with Crippen LogP contribution in [0.1, 0.15) is 65.8 Å². The molecule has 3 heterocycles. The number of ether oxygens (including phenoxy) is 2. The molecule has 0 spiro atoms. The normalized spacial score (nSPS) is 16.9. The van der Waals surface area contributed by atoms with Crippen LogP contribution in [0.5, 0.6) is 5.75 Å². The highest BCUT2D eigenvalue weighted by atomic mass is 32.1. The molecule has 0 radical (unpaired) electrons. The maximum Gasteiger partial charge on any atom is 0.435 e. The third-order valence-electron chi connectivity index (χ3n) is 5.47. The fourth-order valence-electron chi connectivity index (χ4n) is 3.49. The number of hydrogen-bond acceptors (Lipinski definition) is 7. The van der Waals surface area contributed by atoms with Crippen molar-refractivity contribution >= 4 is 17.2 Å². The van der Waals surface area contributed by atoms with Gasteiger partial charge in [0.05, 0.1) is 24.9 Å². The zero-order chi connectivity index (χ0) is 25.2. The number of nitrogens with zero attached hydrogens (tertiary/aromatic N) is 3. The molecule has 1 unspecified atom stereocenters. The van der Waals surface area contributed by atoms with Gasteiger partial charge in [-0.05, 0) is 43.2 Å². The van der Waals surface area contributed by atoms with Gasteiger partial charge in [-0.3, -0.25) is 4.79 Å². The number of carbonyl (C=O) groups excluding carboxylic acids is 1. The van der Waals surface area contributed by atoms with Crippen molar-refractivity contribution in [2.24, 2.45) is 0 Å². The molecule has 7 nitrogen and oxygen atoms in total. The minimum atomic E-state index is -4.58. The quantitative estimate of drug-likeness (QED) is 0.462.